The van der Waals surface area contributed by atoms with Crippen LogP contribution in [0.4, 0.5) is 0 Å². The van der Waals surface area contributed by atoms with Gasteiger partial charge in [0.1, 0.15) is 0 Å². The standard InChI is InChI=1S/C12H19BrN2S/c1-2-9-7-15(5-3-11(9)14)8-12-10(13)4-6-16-12/h4,6,9,11H,2-3,5,7-8,14H2,1H3. The van der Waals surface area contributed by atoms with Gasteiger partial charge < -0.3 is 5.73 Å². The first-order chi connectivity index (χ1) is 7.70. The van der Waals surface area contributed by atoms with Crippen LogP contribution in [-0.4, -0.2) is 24.0 Å². The molecule has 2 nitrogen and oxygen atoms in total. The van der Waals surface area contributed by atoms with Gasteiger partial charge in [-0.2, -0.15) is 0 Å². The first-order valence-electron chi connectivity index (χ1n) is 5.90. The molecule has 0 aliphatic carbocycles. The molecule has 4 heteroatoms. The van der Waals surface area contributed by atoms with Crippen LogP contribution in [0, 0.1) is 5.92 Å². The van der Waals surface area contributed by atoms with Gasteiger partial charge in [0.15, 0.2) is 0 Å². The largest absolute Gasteiger partial charge is 0.327 e. The van der Waals surface area contributed by atoms with Crippen molar-refractivity contribution in [1.29, 1.82) is 0 Å². The number of hydrogen-bond donors (Lipinski definition) is 1. The molecule has 1 fully saturated rings. The molecule has 0 bridgehead atoms. The molecule has 1 aliphatic rings. The van der Waals surface area contributed by atoms with E-state index in [1.54, 1.807) is 0 Å². The van der Waals surface area contributed by atoms with Crippen molar-refractivity contribution in [3.8, 4) is 0 Å². The van der Waals surface area contributed by atoms with Gasteiger partial charge in [0, 0.05) is 35.0 Å². The number of halogens is 1. The minimum atomic E-state index is 0.410. The fraction of sp³-hybridized carbons (Fsp3) is 0.667. The van der Waals surface area contributed by atoms with Crippen LogP contribution >= 0.6 is 27.3 Å². The summed E-state index contributed by atoms with van der Waals surface area (Å²) in [7, 11) is 0. The van der Waals surface area contributed by atoms with E-state index in [1.807, 2.05) is 11.3 Å². The van der Waals surface area contributed by atoms with Crippen molar-refractivity contribution in [3.05, 3.63) is 20.8 Å². The van der Waals surface area contributed by atoms with Gasteiger partial charge >= 0.3 is 0 Å². The molecular formula is C12H19BrN2S. The fourth-order valence-corrected chi connectivity index (χ4v) is 3.86. The van der Waals surface area contributed by atoms with Crippen LogP contribution < -0.4 is 5.73 Å². The number of nitrogens with two attached hydrogens (primary N) is 1. The van der Waals surface area contributed by atoms with E-state index >= 15 is 0 Å². The Morgan fingerprint density at radius 1 is 1.62 bits per heavy atom. The second-order valence-electron chi connectivity index (χ2n) is 4.55. The zero-order chi connectivity index (χ0) is 11.5. The maximum absolute atomic E-state index is 6.12. The summed E-state index contributed by atoms with van der Waals surface area (Å²) in [4.78, 5) is 3.97. The molecule has 1 saturated heterocycles. The Balaban J connectivity index is 1.94. The third kappa shape index (κ3) is 2.86. The predicted molar refractivity (Wildman–Crippen MR) is 73.7 cm³/mol. The van der Waals surface area contributed by atoms with Crippen LogP contribution in [0.5, 0.6) is 0 Å². The molecule has 0 spiro atoms. The van der Waals surface area contributed by atoms with Crippen molar-refractivity contribution in [3.63, 3.8) is 0 Å². The lowest BCUT2D eigenvalue weighted by atomic mass is 9.91. The third-order valence-electron chi connectivity index (χ3n) is 3.46. The summed E-state index contributed by atoms with van der Waals surface area (Å²) >= 11 is 5.43. The third-order valence-corrected chi connectivity index (χ3v) is 5.37. The lowest BCUT2D eigenvalue weighted by molar-refractivity contribution is 0.146. The maximum atomic E-state index is 6.12. The molecule has 16 heavy (non-hydrogen) atoms. The Hall–Kier alpha value is 0.1000. The summed E-state index contributed by atoms with van der Waals surface area (Å²) in [6.07, 6.45) is 2.34. The minimum absolute atomic E-state index is 0.410. The van der Waals surface area contributed by atoms with E-state index in [1.165, 1.54) is 15.8 Å². The van der Waals surface area contributed by atoms with Gasteiger partial charge in [-0.15, -0.1) is 11.3 Å². The molecule has 1 aliphatic heterocycles. The smallest absolute Gasteiger partial charge is 0.0339 e. The van der Waals surface area contributed by atoms with E-state index in [-0.39, 0.29) is 0 Å². The molecule has 1 aromatic rings. The molecule has 2 N–H and O–H groups in total. The average Bonchev–Trinajstić information content (AvgIpc) is 2.67. The van der Waals surface area contributed by atoms with E-state index in [0.29, 0.717) is 12.0 Å². The second kappa shape index (κ2) is 5.63. The molecule has 0 radical (unpaired) electrons. The number of rotatable bonds is 3. The van der Waals surface area contributed by atoms with Crippen LogP contribution in [0.15, 0.2) is 15.9 Å². The van der Waals surface area contributed by atoms with Gasteiger partial charge in [-0.3, -0.25) is 4.90 Å². The first-order valence-corrected chi connectivity index (χ1v) is 7.57. The van der Waals surface area contributed by atoms with Crippen LogP contribution in [-0.2, 0) is 6.54 Å². The van der Waals surface area contributed by atoms with Crippen molar-refractivity contribution in [2.45, 2.75) is 32.4 Å². The second-order valence-corrected chi connectivity index (χ2v) is 6.40. The highest BCUT2D eigenvalue weighted by Crippen LogP contribution is 2.26. The Morgan fingerprint density at radius 2 is 2.44 bits per heavy atom. The van der Waals surface area contributed by atoms with Crippen molar-refractivity contribution in [2.24, 2.45) is 11.7 Å². The summed E-state index contributed by atoms with van der Waals surface area (Å²) in [6, 6.07) is 2.54. The summed E-state index contributed by atoms with van der Waals surface area (Å²) in [5.74, 6) is 0.674. The van der Waals surface area contributed by atoms with Crippen LogP contribution in [0.25, 0.3) is 0 Å². The van der Waals surface area contributed by atoms with Gasteiger partial charge in [-0.1, -0.05) is 13.3 Å². The van der Waals surface area contributed by atoms with E-state index in [0.717, 1.165) is 26.1 Å². The number of nitrogens with zero attached hydrogens (tertiary/aromatic N) is 1. The van der Waals surface area contributed by atoms with E-state index < -0.39 is 0 Å². The summed E-state index contributed by atoms with van der Waals surface area (Å²) < 4.78 is 1.25. The van der Waals surface area contributed by atoms with Crippen molar-refractivity contribution in [2.75, 3.05) is 13.1 Å². The Bertz CT molecular complexity index is 340. The topological polar surface area (TPSA) is 29.3 Å². The van der Waals surface area contributed by atoms with Gasteiger partial charge in [0.05, 0.1) is 0 Å². The molecule has 2 atom stereocenters. The average molecular weight is 303 g/mol. The molecule has 0 aromatic carbocycles. The van der Waals surface area contributed by atoms with Crippen molar-refractivity contribution in [1.82, 2.24) is 4.90 Å². The lowest BCUT2D eigenvalue weighted by Crippen LogP contribution is -2.46. The van der Waals surface area contributed by atoms with Crippen LogP contribution in [0.1, 0.15) is 24.6 Å². The Kier molecular flexibility index (Phi) is 4.41. The van der Waals surface area contributed by atoms with Gasteiger partial charge in [0.25, 0.3) is 0 Å². The zero-order valence-electron chi connectivity index (χ0n) is 9.66. The normalized spacial score (nSPS) is 27.2. The number of likely N-dealkylation sites (tertiary alicyclic amines) is 1. The lowest BCUT2D eigenvalue weighted by Gasteiger charge is -2.36. The van der Waals surface area contributed by atoms with Gasteiger partial charge in [0.2, 0.25) is 0 Å². The van der Waals surface area contributed by atoms with Crippen LogP contribution in [0.3, 0.4) is 0 Å². The van der Waals surface area contributed by atoms with Crippen LogP contribution in [0.2, 0.25) is 0 Å². The molecule has 2 unspecified atom stereocenters. The molecular weight excluding hydrogens is 284 g/mol. The highest BCUT2D eigenvalue weighted by atomic mass is 79.9. The first kappa shape index (κ1) is 12.6. The molecule has 0 saturated carbocycles. The number of thiophene rings is 1. The number of hydrogen-bond acceptors (Lipinski definition) is 3. The zero-order valence-corrected chi connectivity index (χ0v) is 12.1. The Labute approximate surface area is 110 Å². The predicted octanol–water partition coefficient (Wildman–Crippen LogP) is 3.07. The Morgan fingerprint density at radius 3 is 3.06 bits per heavy atom. The molecule has 2 rings (SSSR count). The molecule has 1 aromatic heterocycles. The summed E-state index contributed by atoms with van der Waals surface area (Å²) in [5, 5.41) is 2.15. The molecule has 2 heterocycles. The maximum Gasteiger partial charge on any atom is 0.0339 e. The summed E-state index contributed by atoms with van der Waals surface area (Å²) in [6.45, 7) is 5.61. The fourth-order valence-electron chi connectivity index (χ4n) is 2.34. The van der Waals surface area contributed by atoms with E-state index in [9.17, 15) is 0 Å². The van der Waals surface area contributed by atoms with Crippen molar-refractivity contribution < 1.29 is 0 Å². The highest BCUT2D eigenvalue weighted by molar-refractivity contribution is 9.10. The van der Waals surface area contributed by atoms with Crippen molar-refractivity contribution >= 4 is 27.3 Å². The molecule has 0 amide bonds. The molecule has 90 valence electrons. The minimum Gasteiger partial charge on any atom is -0.327 e. The van der Waals surface area contributed by atoms with E-state index in [2.05, 4.69) is 39.2 Å². The van der Waals surface area contributed by atoms with Gasteiger partial charge in [-0.05, 0) is 39.7 Å². The summed E-state index contributed by atoms with van der Waals surface area (Å²) in [5.41, 5.74) is 6.12. The number of piperidine rings is 1. The monoisotopic (exact) mass is 302 g/mol. The van der Waals surface area contributed by atoms with Gasteiger partial charge in [-0.25, -0.2) is 0 Å². The SMILES string of the molecule is CCC1CN(Cc2sccc2Br)CCC1N. The van der Waals surface area contributed by atoms with E-state index in [4.69, 9.17) is 5.73 Å². The quantitative estimate of drug-likeness (QED) is 0.930. The highest BCUT2D eigenvalue weighted by Gasteiger charge is 2.25.